The molecular weight excluding hydrogens is 514 g/mol. The van der Waals surface area contributed by atoms with Crippen molar-refractivity contribution in [1.82, 2.24) is 29.7 Å². The van der Waals surface area contributed by atoms with Crippen molar-refractivity contribution in [1.29, 1.82) is 0 Å². The molecule has 0 aliphatic carbocycles. The Bertz CT molecular complexity index is 1290. The van der Waals surface area contributed by atoms with Gasteiger partial charge in [0.25, 0.3) is 5.91 Å². The SMILES string of the molecule is COc1cc2cc(c1OCCCN1CCOCC1)OCC(=O)N(C)CCCN(C)Cc1c[nH]c3ncnc(c13)N2. The van der Waals surface area contributed by atoms with Crippen molar-refractivity contribution >= 4 is 28.4 Å². The minimum absolute atomic E-state index is 0.101. The summed E-state index contributed by atoms with van der Waals surface area (Å²) in [4.78, 5) is 31.4. The molecule has 2 bridgehead atoms. The van der Waals surface area contributed by atoms with Crippen LogP contribution in [0, 0.1) is 0 Å². The Morgan fingerprint density at radius 3 is 2.77 bits per heavy atom. The Kier molecular flexibility index (Phi) is 9.19. The number of anilines is 2. The maximum Gasteiger partial charge on any atom is 0.260 e. The number of carbonyl (C=O) groups is 1. The average molecular weight is 554 g/mol. The highest BCUT2D eigenvalue weighted by molar-refractivity contribution is 5.92. The van der Waals surface area contributed by atoms with E-state index in [0.29, 0.717) is 48.5 Å². The third-order valence-electron chi connectivity index (χ3n) is 7.27. The molecule has 5 rings (SSSR count). The molecule has 216 valence electrons. The Balaban J connectivity index is 1.44. The molecule has 2 N–H and O–H groups in total. The number of hydrogen-bond acceptors (Lipinski definition) is 10. The average Bonchev–Trinajstić information content (AvgIpc) is 3.37. The monoisotopic (exact) mass is 553 g/mol. The summed E-state index contributed by atoms with van der Waals surface area (Å²) in [5.41, 5.74) is 2.54. The van der Waals surface area contributed by atoms with Gasteiger partial charge in [0.2, 0.25) is 5.75 Å². The second kappa shape index (κ2) is 13.2. The Labute approximate surface area is 234 Å². The van der Waals surface area contributed by atoms with Gasteiger partial charge < -0.3 is 39.0 Å². The summed E-state index contributed by atoms with van der Waals surface area (Å²) >= 11 is 0. The number of methoxy groups -OCH3 is 1. The second-order valence-electron chi connectivity index (χ2n) is 10.2. The van der Waals surface area contributed by atoms with Crippen molar-refractivity contribution in [2.24, 2.45) is 0 Å². The van der Waals surface area contributed by atoms with E-state index in [1.54, 1.807) is 19.1 Å². The molecule has 12 heteroatoms. The number of aromatic nitrogens is 3. The smallest absolute Gasteiger partial charge is 0.260 e. The quantitative estimate of drug-likeness (QED) is 0.441. The zero-order valence-electron chi connectivity index (χ0n) is 23.6. The fourth-order valence-corrected chi connectivity index (χ4v) is 5.04. The van der Waals surface area contributed by atoms with Crippen LogP contribution < -0.4 is 19.5 Å². The highest BCUT2D eigenvalue weighted by Gasteiger charge is 2.20. The number of nitrogens with one attached hydrogen (secondary N) is 2. The van der Waals surface area contributed by atoms with Gasteiger partial charge in [-0.05, 0) is 32.0 Å². The van der Waals surface area contributed by atoms with Crippen molar-refractivity contribution in [3.63, 3.8) is 0 Å². The highest BCUT2D eigenvalue weighted by atomic mass is 16.5. The Hall–Kier alpha value is -3.61. The molecule has 0 radical (unpaired) electrons. The first-order valence-corrected chi connectivity index (χ1v) is 13.8. The number of carbonyl (C=O) groups excluding carboxylic acids is 1. The zero-order chi connectivity index (χ0) is 27.9. The molecule has 2 aliphatic heterocycles. The van der Waals surface area contributed by atoms with Crippen LogP contribution in [0.5, 0.6) is 17.2 Å². The number of likely N-dealkylation sites (N-methyl/N-ethyl adjacent to an activating group) is 1. The third kappa shape index (κ3) is 6.75. The predicted octanol–water partition coefficient (Wildman–Crippen LogP) is 2.48. The molecule has 4 heterocycles. The fourth-order valence-electron chi connectivity index (χ4n) is 5.04. The van der Waals surface area contributed by atoms with Crippen LogP contribution in [0.4, 0.5) is 11.5 Å². The lowest BCUT2D eigenvalue weighted by atomic mass is 10.2. The van der Waals surface area contributed by atoms with E-state index in [2.05, 4.69) is 37.1 Å². The molecule has 0 saturated carbocycles. The van der Waals surface area contributed by atoms with Crippen molar-refractivity contribution in [3.05, 3.63) is 30.2 Å². The zero-order valence-corrected chi connectivity index (χ0v) is 23.6. The van der Waals surface area contributed by atoms with Gasteiger partial charge in [-0.3, -0.25) is 9.69 Å². The van der Waals surface area contributed by atoms with Gasteiger partial charge in [-0.15, -0.1) is 0 Å². The highest BCUT2D eigenvalue weighted by Crippen LogP contribution is 2.42. The number of nitrogens with zero attached hydrogens (tertiary/aromatic N) is 5. The van der Waals surface area contributed by atoms with Crippen LogP contribution in [0.2, 0.25) is 0 Å². The van der Waals surface area contributed by atoms with E-state index in [4.69, 9.17) is 18.9 Å². The van der Waals surface area contributed by atoms with E-state index in [1.165, 1.54) is 6.33 Å². The molecule has 3 aromatic rings. The summed E-state index contributed by atoms with van der Waals surface area (Å²) in [6.45, 7) is 6.88. The Morgan fingerprint density at radius 2 is 1.95 bits per heavy atom. The Morgan fingerprint density at radius 1 is 1.10 bits per heavy atom. The number of rotatable bonds is 6. The van der Waals surface area contributed by atoms with E-state index < -0.39 is 0 Å². The van der Waals surface area contributed by atoms with Gasteiger partial charge in [0.15, 0.2) is 18.1 Å². The van der Waals surface area contributed by atoms with Crippen LogP contribution in [0.25, 0.3) is 11.0 Å². The van der Waals surface area contributed by atoms with Crippen molar-refractivity contribution in [2.45, 2.75) is 19.4 Å². The normalized spacial score (nSPS) is 17.9. The molecule has 12 nitrogen and oxygen atoms in total. The molecule has 1 fully saturated rings. The number of hydrogen-bond donors (Lipinski definition) is 2. The van der Waals surface area contributed by atoms with E-state index in [1.807, 2.05) is 18.3 Å². The van der Waals surface area contributed by atoms with Crippen molar-refractivity contribution in [3.8, 4) is 17.2 Å². The second-order valence-corrected chi connectivity index (χ2v) is 10.2. The number of H-pyrrole nitrogens is 1. The molecule has 1 saturated heterocycles. The molecule has 0 atom stereocenters. The predicted molar refractivity (Wildman–Crippen MR) is 152 cm³/mol. The molecule has 1 amide bonds. The van der Waals surface area contributed by atoms with E-state index in [0.717, 1.165) is 68.8 Å². The number of benzene rings is 1. The van der Waals surface area contributed by atoms with E-state index in [-0.39, 0.29) is 12.5 Å². The fraction of sp³-hybridized carbons (Fsp3) is 0.536. The third-order valence-corrected chi connectivity index (χ3v) is 7.27. The summed E-state index contributed by atoms with van der Waals surface area (Å²) < 4.78 is 23.5. The van der Waals surface area contributed by atoms with Gasteiger partial charge in [-0.2, -0.15) is 0 Å². The topological polar surface area (TPSA) is 117 Å². The summed E-state index contributed by atoms with van der Waals surface area (Å²) in [5.74, 6) is 1.98. The minimum Gasteiger partial charge on any atom is -0.493 e. The first kappa shape index (κ1) is 27.9. The molecule has 0 unspecified atom stereocenters. The van der Waals surface area contributed by atoms with Crippen LogP contribution in [-0.4, -0.2) is 116 Å². The van der Waals surface area contributed by atoms with Crippen LogP contribution in [0.15, 0.2) is 24.7 Å². The van der Waals surface area contributed by atoms with E-state index >= 15 is 0 Å². The first-order chi connectivity index (χ1) is 19.5. The van der Waals surface area contributed by atoms with Crippen LogP contribution in [0.1, 0.15) is 18.4 Å². The van der Waals surface area contributed by atoms with E-state index in [9.17, 15) is 4.79 Å². The molecule has 2 aromatic heterocycles. The first-order valence-electron chi connectivity index (χ1n) is 13.8. The van der Waals surface area contributed by atoms with Gasteiger partial charge in [0, 0.05) is 63.8 Å². The maximum atomic E-state index is 12.9. The van der Waals surface area contributed by atoms with Gasteiger partial charge in [0.1, 0.15) is 17.8 Å². The maximum absolute atomic E-state index is 12.9. The van der Waals surface area contributed by atoms with Crippen molar-refractivity contribution < 1.29 is 23.7 Å². The summed E-state index contributed by atoms with van der Waals surface area (Å²) in [7, 11) is 5.47. The van der Waals surface area contributed by atoms with Crippen LogP contribution >= 0.6 is 0 Å². The molecule has 1 aromatic carbocycles. The number of fused-ring (bicyclic) bond motifs is 2. The largest absolute Gasteiger partial charge is 0.493 e. The standard InChI is InChI=1S/C28H39N7O5/c1-33-6-4-7-34(2)24(36)18-40-23-15-21(32-28-25-20(17-33)16-29-27(25)30-19-31-28)14-22(37-3)26(23)39-11-5-8-35-9-12-38-13-10-35/h14-16,19H,4-13,17-18H2,1-3H3,(H2,29,30,31,32). The molecular formula is C28H39N7O5. The molecule has 0 spiro atoms. The lowest BCUT2D eigenvalue weighted by Crippen LogP contribution is -2.37. The van der Waals surface area contributed by atoms with Crippen LogP contribution in [0.3, 0.4) is 0 Å². The minimum atomic E-state index is -0.108. The number of amides is 1. The molecule has 40 heavy (non-hydrogen) atoms. The number of ether oxygens (including phenoxy) is 4. The lowest BCUT2D eigenvalue weighted by Gasteiger charge is -2.26. The summed E-state index contributed by atoms with van der Waals surface area (Å²) in [6, 6.07) is 3.68. The molecule has 2 aliphatic rings. The van der Waals surface area contributed by atoms with Crippen molar-refractivity contribution in [2.75, 3.05) is 85.7 Å². The summed E-state index contributed by atoms with van der Waals surface area (Å²) in [6.07, 6.45) is 5.18. The number of morpholine rings is 1. The lowest BCUT2D eigenvalue weighted by molar-refractivity contribution is -0.132. The van der Waals surface area contributed by atoms with Gasteiger partial charge in [0.05, 0.1) is 32.3 Å². The van der Waals surface area contributed by atoms with Gasteiger partial charge in [-0.1, -0.05) is 0 Å². The van der Waals surface area contributed by atoms with Crippen LogP contribution in [-0.2, 0) is 16.1 Å². The summed E-state index contributed by atoms with van der Waals surface area (Å²) in [5, 5.41) is 4.35. The van der Waals surface area contributed by atoms with Gasteiger partial charge in [-0.25, -0.2) is 9.97 Å². The number of aromatic amines is 1. The van der Waals surface area contributed by atoms with Gasteiger partial charge >= 0.3 is 0 Å².